The van der Waals surface area contributed by atoms with Crippen LogP contribution in [0.4, 0.5) is 0 Å². The van der Waals surface area contributed by atoms with Crippen molar-refractivity contribution in [1.82, 2.24) is 0 Å². The van der Waals surface area contributed by atoms with Crippen molar-refractivity contribution < 1.29 is 9.90 Å². The molecule has 0 aliphatic rings. The second-order valence-electron chi connectivity index (χ2n) is 3.72. The molecule has 3 nitrogen and oxygen atoms in total. The Bertz CT molecular complexity index is 233. The van der Waals surface area contributed by atoms with E-state index in [1.54, 1.807) is 0 Å². The molecule has 80 valence electrons. The van der Waals surface area contributed by atoms with Crippen molar-refractivity contribution in [3.05, 3.63) is 24.3 Å². The Labute approximate surface area is 85.3 Å². The van der Waals surface area contributed by atoms with Gasteiger partial charge in [-0.25, -0.2) is 0 Å². The lowest BCUT2D eigenvalue weighted by atomic mass is 10.0. The quantitative estimate of drug-likeness (QED) is 0.614. The molecule has 1 atom stereocenters. The summed E-state index contributed by atoms with van der Waals surface area (Å²) < 4.78 is 0. The fourth-order valence-corrected chi connectivity index (χ4v) is 1.21. The number of nitrogens with two attached hydrogens (primary N) is 1. The first-order chi connectivity index (χ1) is 6.43. The summed E-state index contributed by atoms with van der Waals surface area (Å²) in [4.78, 5) is 10.4. The van der Waals surface area contributed by atoms with Crippen molar-refractivity contribution in [3.8, 4) is 0 Å². The summed E-state index contributed by atoms with van der Waals surface area (Å²) >= 11 is 0. The van der Waals surface area contributed by atoms with Crippen molar-refractivity contribution >= 4 is 5.97 Å². The zero-order valence-electron chi connectivity index (χ0n) is 8.75. The van der Waals surface area contributed by atoms with E-state index in [1.807, 2.05) is 6.92 Å². The van der Waals surface area contributed by atoms with Crippen LogP contribution in [0.5, 0.6) is 0 Å². The van der Waals surface area contributed by atoms with Crippen molar-refractivity contribution in [2.45, 2.75) is 38.6 Å². The smallest absolute Gasteiger partial charge is 0.320 e. The Morgan fingerprint density at radius 2 is 2.07 bits per heavy atom. The average Bonchev–Trinajstić information content (AvgIpc) is 2.02. The van der Waals surface area contributed by atoms with Gasteiger partial charge in [0.05, 0.1) is 0 Å². The van der Waals surface area contributed by atoms with Crippen molar-refractivity contribution in [1.29, 1.82) is 0 Å². The Morgan fingerprint density at radius 3 is 2.50 bits per heavy atom. The average molecular weight is 197 g/mol. The lowest BCUT2D eigenvalue weighted by molar-refractivity contribution is -0.138. The molecule has 0 aromatic rings. The van der Waals surface area contributed by atoms with E-state index >= 15 is 0 Å². The van der Waals surface area contributed by atoms with Gasteiger partial charge in [0, 0.05) is 0 Å². The second-order valence-corrected chi connectivity index (χ2v) is 3.72. The molecule has 0 radical (unpaired) electrons. The number of allylic oxidation sites excluding steroid dienone is 2. The predicted molar refractivity (Wildman–Crippen MR) is 58.0 cm³/mol. The minimum Gasteiger partial charge on any atom is -0.480 e. The molecule has 0 rings (SSSR count). The Balaban J connectivity index is 3.59. The van der Waals surface area contributed by atoms with E-state index in [2.05, 4.69) is 13.2 Å². The van der Waals surface area contributed by atoms with Crippen LogP contribution in [0.3, 0.4) is 0 Å². The van der Waals surface area contributed by atoms with Crippen LogP contribution in [0.2, 0.25) is 0 Å². The fourth-order valence-electron chi connectivity index (χ4n) is 1.21. The zero-order valence-corrected chi connectivity index (χ0v) is 8.75. The first kappa shape index (κ1) is 12.9. The molecule has 0 spiro atoms. The molecule has 0 aromatic heterocycles. The SMILES string of the molecule is C=C(C)CC(=C)CCCC(N)C(=O)O. The molecule has 14 heavy (non-hydrogen) atoms. The highest BCUT2D eigenvalue weighted by Crippen LogP contribution is 2.14. The number of rotatable bonds is 7. The van der Waals surface area contributed by atoms with E-state index in [9.17, 15) is 4.79 Å². The molecule has 0 amide bonds. The summed E-state index contributed by atoms with van der Waals surface area (Å²) in [5, 5.41) is 8.53. The van der Waals surface area contributed by atoms with Crippen LogP contribution in [-0.2, 0) is 4.79 Å². The van der Waals surface area contributed by atoms with Crippen LogP contribution in [0, 0.1) is 0 Å². The van der Waals surface area contributed by atoms with Crippen LogP contribution >= 0.6 is 0 Å². The minimum absolute atomic E-state index is 0.505. The molecule has 0 bridgehead atoms. The largest absolute Gasteiger partial charge is 0.480 e. The molecular formula is C11H19NO2. The highest BCUT2D eigenvalue weighted by Gasteiger charge is 2.10. The molecule has 1 unspecified atom stereocenters. The van der Waals surface area contributed by atoms with Crippen LogP contribution in [0.25, 0.3) is 0 Å². The van der Waals surface area contributed by atoms with E-state index in [-0.39, 0.29) is 0 Å². The maximum absolute atomic E-state index is 10.4. The minimum atomic E-state index is -0.935. The molecule has 0 saturated carbocycles. The Hall–Kier alpha value is -1.09. The summed E-state index contributed by atoms with van der Waals surface area (Å²) in [7, 11) is 0. The molecule has 0 saturated heterocycles. The monoisotopic (exact) mass is 197 g/mol. The summed E-state index contributed by atoms with van der Waals surface area (Å²) in [6.07, 6.45) is 2.93. The highest BCUT2D eigenvalue weighted by molar-refractivity contribution is 5.72. The van der Waals surface area contributed by atoms with E-state index < -0.39 is 12.0 Å². The maximum atomic E-state index is 10.4. The number of aliphatic carboxylic acids is 1. The van der Waals surface area contributed by atoms with Gasteiger partial charge in [0.15, 0.2) is 0 Å². The van der Waals surface area contributed by atoms with Gasteiger partial charge in [0.2, 0.25) is 0 Å². The fraction of sp³-hybridized carbons (Fsp3) is 0.545. The van der Waals surface area contributed by atoms with Crippen LogP contribution < -0.4 is 5.73 Å². The lowest BCUT2D eigenvalue weighted by Gasteiger charge is -2.07. The van der Waals surface area contributed by atoms with Crippen molar-refractivity contribution in [2.24, 2.45) is 5.73 Å². The predicted octanol–water partition coefficient (Wildman–Crippen LogP) is 2.09. The van der Waals surface area contributed by atoms with Crippen molar-refractivity contribution in [3.63, 3.8) is 0 Å². The first-order valence-corrected chi connectivity index (χ1v) is 4.73. The third-order valence-corrected chi connectivity index (χ3v) is 1.91. The molecule has 0 heterocycles. The third-order valence-electron chi connectivity index (χ3n) is 1.91. The van der Waals surface area contributed by atoms with E-state index in [0.717, 1.165) is 30.4 Å². The van der Waals surface area contributed by atoms with Gasteiger partial charge >= 0.3 is 5.97 Å². The molecule has 0 aliphatic carbocycles. The Morgan fingerprint density at radius 1 is 1.50 bits per heavy atom. The Kier molecular flexibility index (Phi) is 5.88. The molecular weight excluding hydrogens is 178 g/mol. The number of carboxylic acid groups (broad SMARTS) is 1. The van der Waals surface area contributed by atoms with E-state index in [4.69, 9.17) is 10.8 Å². The molecule has 0 aromatic carbocycles. The van der Waals surface area contributed by atoms with Gasteiger partial charge in [-0.15, -0.1) is 0 Å². The van der Waals surface area contributed by atoms with Gasteiger partial charge < -0.3 is 10.8 Å². The summed E-state index contributed by atoms with van der Waals surface area (Å²) in [6, 6.07) is -0.743. The second kappa shape index (κ2) is 6.38. The number of hydrogen-bond acceptors (Lipinski definition) is 2. The normalized spacial score (nSPS) is 12.1. The summed E-state index contributed by atoms with van der Waals surface area (Å²) in [5.41, 5.74) is 7.53. The van der Waals surface area contributed by atoms with Gasteiger partial charge in [-0.05, 0) is 32.6 Å². The van der Waals surface area contributed by atoms with Gasteiger partial charge in [-0.1, -0.05) is 24.3 Å². The summed E-state index contributed by atoms with van der Waals surface area (Å²) in [5.74, 6) is -0.935. The highest BCUT2D eigenvalue weighted by atomic mass is 16.4. The third kappa shape index (κ3) is 6.43. The molecule has 3 heteroatoms. The number of carboxylic acids is 1. The number of hydrogen-bond donors (Lipinski definition) is 2. The topological polar surface area (TPSA) is 63.3 Å². The van der Waals surface area contributed by atoms with E-state index in [0.29, 0.717) is 6.42 Å². The van der Waals surface area contributed by atoms with Crippen LogP contribution in [0.15, 0.2) is 24.3 Å². The molecule has 3 N–H and O–H groups in total. The molecule has 0 fully saturated rings. The van der Waals surface area contributed by atoms with Gasteiger partial charge in [-0.2, -0.15) is 0 Å². The zero-order chi connectivity index (χ0) is 11.1. The summed E-state index contributed by atoms with van der Waals surface area (Å²) in [6.45, 7) is 9.63. The maximum Gasteiger partial charge on any atom is 0.320 e. The van der Waals surface area contributed by atoms with Crippen LogP contribution in [-0.4, -0.2) is 17.1 Å². The van der Waals surface area contributed by atoms with Gasteiger partial charge in [0.1, 0.15) is 6.04 Å². The molecule has 0 aliphatic heterocycles. The first-order valence-electron chi connectivity index (χ1n) is 4.73. The van der Waals surface area contributed by atoms with Crippen molar-refractivity contribution in [2.75, 3.05) is 0 Å². The standard InChI is InChI=1S/C11H19NO2/c1-8(2)7-9(3)5-4-6-10(12)11(13)14/h10H,1,3-7,12H2,2H3,(H,13,14). The van der Waals surface area contributed by atoms with Crippen LogP contribution in [0.1, 0.15) is 32.6 Å². The van der Waals surface area contributed by atoms with Gasteiger partial charge in [-0.3, -0.25) is 4.79 Å². The number of carbonyl (C=O) groups is 1. The van der Waals surface area contributed by atoms with Gasteiger partial charge in [0.25, 0.3) is 0 Å². The lowest BCUT2D eigenvalue weighted by Crippen LogP contribution is -2.29. The van der Waals surface area contributed by atoms with E-state index in [1.165, 1.54) is 0 Å².